The first kappa shape index (κ1) is 16.3. The lowest BCUT2D eigenvalue weighted by Crippen LogP contribution is -2.34. The summed E-state index contributed by atoms with van der Waals surface area (Å²) in [5.74, 6) is -1.05. The van der Waals surface area contributed by atoms with Crippen LogP contribution in [0.2, 0.25) is 0 Å². The number of hydrogen-bond donors (Lipinski definition) is 2. The second-order valence-corrected chi connectivity index (χ2v) is 3.87. The van der Waals surface area contributed by atoms with E-state index in [-0.39, 0.29) is 12.8 Å². The fourth-order valence-electron chi connectivity index (χ4n) is 1.29. The Morgan fingerprint density at radius 2 is 1.22 bits per heavy atom. The van der Waals surface area contributed by atoms with Gasteiger partial charge in [0.25, 0.3) is 0 Å². The smallest absolute Gasteiger partial charge is 0.322 e. The van der Waals surface area contributed by atoms with Crippen LogP contribution >= 0.6 is 0 Å². The van der Waals surface area contributed by atoms with Gasteiger partial charge in [-0.1, -0.05) is 24.3 Å². The van der Waals surface area contributed by atoms with Crippen LogP contribution in [0.15, 0.2) is 24.3 Å². The van der Waals surface area contributed by atoms with E-state index in [2.05, 4.69) is 22.6 Å². The van der Waals surface area contributed by atoms with E-state index in [9.17, 15) is 9.59 Å². The summed E-state index contributed by atoms with van der Waals surface area (Å²) < 4.78 is 8.99. The Morgan fingerprint density at radius 1 is 0.944 bits per heavy atom. The molecule has 6 nitrogen and oxygen atoms in total. The minimum Gasteiger partial charge on any atom is -0.468 e. The van der Waals surface area contributed by atoms with Crippen LogP contribution in [-0.4, -0.2) is 38.2 Å². The van der Waals surface area contributed by atoms with Gasteiger partial charge in [0.1, 0.15) is 12.1 Å². The van der Waals surface area contributed by atoms with E-state index in [0.717, 1.165) is 0 Å². The summed E-state index contributed by atoms with van der Waals surface area (Å²) in [6.07, 6.45) is 0.415. The number of carbonyl (C=O) groups excluding carboxylic acids is 2. The van der Waals surface area contributed by atoms with E-state index in [1.807, 2.05) is 0 Å². The van der Waals surface area contributed by atoms with Gasteiger partial charge in [-0.25, -0.2) is 0 Å². The highest BCUT2D eigenvalue weighted by molar-refractivity contribution is 5.76. The molecular weight excluding hydrogens is 236 g/mol. The minimum atomic E-state index is -0.798. The lowest BCUT2D eigenvalue weighted by molar-refractivity contribution is -0.143. The molecule has 0 radical (unpaired) electrons. The lowest BCUT2D eigenvalue weighted by atomic mass is 9.96. The number of hydrogen-bond acceptors (Lipinski definition) is 6. The Hall–Kier alpha value is -1.66. The van der Waals surface area contributed by atoms with E-state index < -0.39 is 24.0 Å². The fraction of sp³-hybridized carbons (Fsp3) is 0.500. The average molecular weight is 256 g/mol. The minimum absolute atomic E-state index is 0.208. The van der Waals surface area contributed by atoms with Crippen molar-refractivity contribution in [2.24, 2.45) is 11.5 Å². The van der Waals surface area contributed by atoms with Crippen LogP contribution < -0.4 is 11.5 Å². The van der Waals surface area contributed by atoms with E-state index in [1.165, 1.54) is 14.2 Å². The second kappa shape index (κ2) is 7.62. The summed E-state index contributed by atoms with van der Waals surface area (Å²) in [6, 6.07) is -1.60. The standard InChI is InChI=1S/C12H20N2O4/c1-7(5-9(13)11(15)17-3)8(2)6-10(14)12(16)18-4/h9-10H,1-2,5-6,13-14H2,3-4H3/t9-,10-/m1/s1. The van der Waals surface area contributed by atoms with Crippen LogP contribution in [-0.2, 0) is 19.1 Å². The van der Waals surface area contributed by atoms with Crippen molar-refractivity contribution in [3.8, 4) is 0 Å². The van der Waals surface area contributed by atoms with Crippen LogP contribution in [0, 0.1) is 0 Å². The van der Waals surface area contributed by atoms with Crippen molar-refractivity contribution >= 4 is 11.9 Å². The third-order valence-corrected chi connectivity index (χ3v) is 2.44. The Bertz CT molecular complexity index is 318. The van der Waals surface area contributed by atoms with Crippen molar-refractivity contribution in [2.75, 3.05) is 14.2 Å². The number of esters is 2. The summed E-state index contributed by atoms with van der Waals surface area (Å²) >= 11 is 0. The van der Waals surface area contributed by atoms with Gasteiger partial charge in [0, 0.05) is 0 Å². The predicted octanol–water partition coefficient (Wildman–Crippen LogP) is -0.120. The molecule has 2 atom stereocenters. The molecular formula is C12H20N2O4. The average Bonchev–Trinajstić information content (AvgIpc) is 2.35. The van der Waals surface area contributed by atoms with Crippen molar-refractivity contribution in [1.82, 2.24) is 0 Å². The monoisotopic (exact) mass is 256 g/mol. The quantitative estimate of drug-likeness (QED) is 0.486. The zero-order valence-corrected chi connectivity index (χ0v) is 10.8. The molecule has 6 heteroatoms. The number of carbonyl (C=O) groups is 2. The number of methoxy groups -OCH3 is 2. The normalized spacial score (nSPS) is 13.3. The Balaban J connectivity index is 4.32. The first-order valence-corrected chi connectivity index (χ1v) is 5.36. The van der Waals surface area contributed by atoms with Crippen molar-refractivity contribution in [1.29, 1.82) is 0 Å². The first-order chi connectivity index (χ1) is 8.33. The van der Waals surface area contributed by atoms with Gasteiger partial charge >= 0.3 is 11.9 Å². The SMILES string of the molecule is C=C(C[C@@H](N)C(=O)OC)C(=C)C[C@@H](N)C(=O)OC. The van der Waals surface area contributed by atoms with Gasteiger partial charge in [0.05, 0.1) is 14.2 Å². The molecule has 0 aromatic heterocycles. The van der Waals surface area contributed by atoms with Crippen LogP contribution in [0.1, 0.15) is 12.8 Å². The molecule has 0 aromatic carbocycles. The van der Waals surface area contributed by atoms with Gasteiger partial charge in [-0.2, -0.15) is 0 Å². The maximum absolute atomic E-state index is 11.1. The molecule has 0 spiro atoms. The van der Waals surface area contributed by atoms with Crippen LogP contribution in [0.4, 0.5) is 0 Å². The van der Waals surface area contributed by atoms with Crippen molar-refractivity contribution in [2.45, 2.75) is 24.9 Å². The van der Waals surface area contributed by atoms with E-state index in [0.29, 0.717) is 11.1 Å². The number of nitrogens with two attached hydrogens (primary N) is 2. The molecule has 0 unspecified atom stereocenters. The van der Waals surface area contributed by atoms with Gasteiger partial charge in [-0.3, -0.25) is 9.59 Å². The van der Waals surface area contributed by atoms with E-state index in [1.54, 1.807) is 0 Å². The summed E-state index contributed by atoms with van der Waals surface area (Å²) in [5.41, 5.74) is 12.3. The Morgan fingerprint density at radius 3 is 1.44 bits per heavy atom. The molecule has 102 valence electrons. The molecule has 0 bridgehead atoms. The largest absolute Gasteiger partial charge is 0.468 e. The molecule has 0 saturated heterocycles. The summed E-state index contributed by atoms with van der Waals surface area (Å²) in [5, 5.41) is 0. The zero-order valence-electron chi connectivity index (χ0n) is 10.8. The Labute approximate surface area is 107 Å². The molecule has 0 aliphatic heterocycles. The topological polar surface area (TPSA) is 105 Å². The molecule has 0 heterocycles. The summed E-state index contributed by atoms with van der Waals surface area (Å²) in [6.45, 7) is 7.51. The van der Waals surface area contributed by atoms with Gasteiger partial charge in [-0.15, -0.1) is 0 Å². The van der Waals surface area contributed by atoms with E-state index in [4.69, 9.17) is 11.5 Å². The molecule has 4 N–H and O–H groups in total. The number of rotatable bonds is 7. The second-order valence-electron chi connectivity index (χ2n) is 3.87. The maximum atomic E-state index is 11.1. The molecule has 0 amide bonds. The predicted molar refractivity (Wildman–Crippen MR) is 67.5 cm³/mol. The van der Waals surface area contributed by atoms with Crippen LogP contribution in [0.5, 0.6) is 0 Å². The van der Waals surface area contributed by atoms with Gasteiger partial charge in [-0.05, 0) is 12.8 Å². The highest BCUT2D eigenvalue weighted by Gasteiger charge is 2.19. The van der Waals surface area contributed by atoms with Gasteiger partial charge in [0.15, 0.2) is 0 Å². The number of ether oxygens (including phenoxy) is 2. The van der Waals surface area contributed by atoms with Crippen molar-refractivity contribution < 1.29 is 19.1 Å². The van der Waals surface area contributed by atoms with Crippen LogP contribution in [0.25, 0.3) is 0 Å². The summed E-state index contributed by atoms with van der Waals surface area (Å²) in [4.78, 5) is 22.3. The zero-order chi connectivity index (χ0) is 14.3. The molecule has 0 aromatic rings. The third kappa shape index (κ3) is 5.11. The van der Waals surface area contributed by atoms with Crippen molar-refractivity contribution in [3.05, 3.63) is 24.3 Å². The van der Waals surface area contributed by atoms with Gasteiger partial charge < -0.3 is 20.9 Å². The molecule has 18 heavy (non-hydrogen) atoms. The van der Waals surface area contributed by atoms with Crippen LogP contribution in [0.3, 0.4) is 0 Å². The Kier molecular flexibility index (Phi) is 6.92. The molecule has 0 saturated carbocycles. The maximum Gasteiger partial charge on any atom is 0.322 e. The molecule has 0 rings (SSSR count). The highest BCUT2D eigenvalue weighted by Crippen LogP contribution is 2.17. The molecule has 0 fully saturated rings. The molecule has 0 aliphatic rings. The fourth-order valence-corrected chi connectivity index (χ4v) is 1.29. The summed E-state index contributed by atoms with van der Waals surface area (Å²) in [7, 11) is 2.51. The molecule has 0 aliphatic carbocycles. The first-order valence-electron chi connectivity index (χ1n) is 5.36. The lowest BCUT2D eigenvalue weighted by Gasteiger charge is -2.15. The highest BCUT2D eigenvalue weighted by atomic mass is 16.5. The van der Waals surface area contributed by atoms with Crippen molar-refractivity contribution in [3.63, 3.8) is 0 Å². The van der Waals surface area contributed by atoms with E-state index >= 15 is 0 Å². The third-order valence-electron chi connectivity index (χ3n) is 2.44. The van der Waals surface area contributed by atoms with Gasteiger partial charge in [0.2, 0.25) is 0 Å².